The van der Waals surface area contributed by atoms with Crippen LogP contribution in [0.5, 0.6) is 11.5 Å². The predicted molar refractivity (Wildman–Crippen MR) is 94.7 cm³/mol. The smallest absolute Gasteiger partial charge is 0.265 e. The van der Waals surface area contributed by atoms with E-state index in [-0.39, 0.29) is 5.91 Å². The van der Waals surface area contributed by atoms with Gasteiger partial charge in [0.1, 0.15) is 0 Å². The minimum Gasteiger partial charge on any atom is -0.493 e. The molecule has 122 valence electrons. The number of amides is 1. The Morgan fingerprint density at radius 2 is 1.79 bits per heavy atom. The molecule has 0 radical (unpaired) electrons. The monoisotopic (exact) mass is 341 g/mol. The van der Waals surface area contributed by atoms with Crippen molar-refractivity contribution in [3.05, 3.63) is 52.9 Å². The molecule has 0 aliphatic rings. The lowest BCUT2D eigenvalue weighted by Crippen LogP contribution is -2.11. The molecule has 5 nitrogen and oxygen atoms in total. The fraction of sp³-hybridized carbons (Fsp3) is 0.111. The van der Waals surface area contributed by atoms with Gasteiger partial charge < -0.3 is 14.8 Å². The van der Waals surface area contributed by atoms with Gasteiger partial charge in [-0.05, 0) is 29.7 Å². The second kappa shape index (κ2) is 6.72. The summed E-state index contributed by atoms with van der Waals surface area (Å²) in [6.07, 6.45) is 0.719. The quantitative estimate of drug-likeness (QED) is 0.713. The van der Waals surface area contributed by atoms with E-state index in [1.165, 1.54) is 11.3 Å². The molecule has 3 rings (SSSR count). The number of fused-ring (bicyclic) bond motifs is 1. The van der Waals surface area contributed by atoms with Crippen LogP contribution in [0.15, 0.2) is 42.5 Å². The number of methoxy groups -OCH3 is 2. The lowest BCUT2D eigenvalue weighted by atomic mass is 10.2. The van der Waals surface area contributed by atoms with Crippen LogP contribution in [0.4, 0.5) is 5.69 Å². The Kier molecular flexibility index (Phi) is 4.48. The van der Waals surface area contributed by atoms with E-state index in [4.69, 9.17) is 9.47 Å². The number of benzene rings is 2. The number of hydrogen-bond donors (Lipinski definition) is 1. The fourth-order valence-electron chi connectivity index (χ4n) is 2.38. The number of aldehydes is 1. The van der Waals surface area contributed by atoms with Crippen LogP contribution < -0.4 is 14.8 Å². The molecule has 0 unspecified atom stereocenters. The molecule has 1 aromatic heterocycles. The third-order valence-electron chi connectivity index (χ3n) is 3.58. The molecule has 0 atom stereocenters. The SMILES string of the molecule is COc1cc2cc(C(=O)Nc3ccccc3C=O)sc2cc1OC. The Balaban J connectivity index is 1.94. The van der Waals surface area contributed by atoms with Gasteiger partial charge in [0.15, 0.2) is 17.8 Å². The molecule has 2 aromatic carbocycles. The fourth-order valence-corrected chi connectivity index (χ4v) is 3.34. The molecule has 0 saturated heterocycles. The van der Waals surface area contributed by atoms with Crippen molar-refractivity contribution in [1.82, 2.24) is 0 Å². The molecule has 1 amide bonds. The number of hydrogen-bond acceptors (Lipinski definition) is 5. The Hall–Kier alpha value is -2.86. The first kappa shape index (κ1) is 16.0. The van der Waals surface area contributed by atoms with Crippen molar-refractivity contribution >= 4 is 39.3 Å². The normalized spacial score (nSPS) is 10.4. The number of para-hydroxylation sites is 1. The molecule has 24 heavy (non-hydrogen) atoms. The van der Waals surface area contributed by atoms with Crippen molar-refractivity contribution in [3.63, 3.8) is 0 Å². The molecule has 1 heterocycles. The van der Waals surface area contributed by atoms with Gasteiger partial charge in [-0.3, -0.25) is 9.59 Å². The zero-order chi connectivity index (χ0) is 17.1. The minimum atomic E-state index is -0.261. The molecule has 0 fully saturated rings. The first-order chi connectivity index (χ1) is 11.7. The summed E-state index contributed by atoms with van der Waals surface area (Å²) in [6, 6.07) is 12.3. The number of nitrogens with one attached hydrogen (secondary N) is 1. The number of ether oxygens (including phenoxy) is 2. The van der Waals surface area contributed by atoms with Gasteiger partial charge in [-0.2, -0.15) is 0 Å². The van der Waals surface area contributed by atoms with Crippen LogP contribution in [-0.4, -0.2) is 26.4 Å². The number of carbonyl (C=O) groups is 2. The third-order valence-corrected chi connectivity index (χ3v) is 4.68. The zero-order valence-corrected chi connectivity index (χ0v) is 14.0. The number of rotatable bonds is 5. The van der Waals surface area contributed by atoms with Gasteiger partial charge >= 0.3 is 0 Å². The highest BCUT2D eigenvalue weighted by atomic mass is 32.1. The average Bonchev–Trinajstić information content (AvgIpc) is 3.03. The Morgan fingerprint density at radius 3 is 2.50 bits per heavy atom. The van der Waals surface area contributed by atoms with E-state index in [1.807, 2.05) is 12.1 Å². The first-order valence-electron chi connectivity index (χ1n) is 7.17. The zero-order valence-electron chi connectivity index (χ0n) is 13.2. The number of carbonyl (C=O) groups excluding carboxylic acids is 2. The molecule has 0 aliphatic carbocycles. The van der Waals surface area contributed by atoms with Gasteiger partial charge in [0.2, 0.25) is 0 Å². The second-order valence-corrected chi connectivity index (χ2v) is 6.10. The van der Waals surface area contributed by atoms with Crippen LogP contribution >= 0.6 is 11.3 Å². The highest BCUT2D eigenvalue weighted by Crippen LogP contribution is 2.36. The lowest BCUT2D eigenvalue weighted by Gasteiger charge is -2.06. The van der Waals surface area contributed by atoms with Gasteiger partial charge in [0, 0.05) is 16.3 Å². The van der Waals surface area contributed by atoms with Gasteiger partial charge in [0.25, 0.3) is 5.91 Å². The summed E-state index contributed by atoms with van der Waals surface area (Å²) in [6.45, 7) is 0. The second-order valence-electron chi connectivity index (χ2n) is 5.01. The summed E-state index contributed by atoms with van der Waals surface area (Å²) >= 11 is 1.35. The Bertz CT molecular complexity index is 876. The average molecular weight is 341 g/mol. The lowest BCUT2D eigenvalue weighted by molar-refractivity contribution is 0.103. The molecule has 0 bridgehead atoms. The van der Waals surface area contributed by atoms with E-state index >= 15 is 0 Å². The summed E-state index contributed by atoms with van der Waals surface area (Å²) in [5.74, 6) is 0.967. The maximum atomic E-state index is 12.5. The van der Waals surface area contributed by atoms with Crippen molar-refractivity contribution in [2.45, 2.75) is 0 Å². The topological polar surface area (TPSA) is 64.6 Å². The van der Waals surface area contributed by atoms with E-state index < -0.39 is 0 Å². The molecule has 0 saturated carbocycles. The van der Waals surface area contributed by atoms with E-state index in [9.17, 15) is 9.59 Å². The maximum absolute atomic E-state index is 12.5. The van der Waals surface area contributed by atoms with Crippen LogP contribution in [0.25, 0.3) is 10.1 Å². The summed E-state index contributed by atoms with van der Waals surface area (Å²) < 4.78 is 11.5. The van der Waals surface area contributed by atoms with Crippen molar-refractivity contribution < 1.29 is 19.1 Å². The standard InChI is InChI=1S/C18H15NO4S/c1-22-14-7-12-8-17(24-16(12)9-15(14)23-2)18(21)19-13-6-4-3-5-11(13)10-20/h3-10H,1-2H3,(H,19,21). The molecular formula is C18H15NO4S. The molecule has 6 heteroatoms. The van der Waals surface area contributed by atoms with Crippen LogP contribution in [0, 0.1) is 0 Å². The van der Waals surface area contributed by atoms with Crippen LogP contribution in [0.3, 0.4) is 0 Å². The highest BCUT2D eigenvalue weighted by Gasteiger charge is 2.14. The summed E-state index contributed by atoms with van der Waals surface area (Å²) in [5.41, 5.74) is 0.931. The van der Waals surface area contributed by atoms with Crippen LogP contribution in [0.2, 0.25) is 0 Å². The molecule has 3 aromatic rings. The van der Waals surface area contributed by atoms with Gasteiger partial charge in [-0.15, -0.1) is 11.3 Å². The summed E-state index contributed by atoms with van der Waals surface area (Å²) in [7, 11) is 3.14. The van der Waals surface area contributed by atoms with Crippen LogP contribution in [0.1, 0.15) is 20.0 Å². The first-order valence-corrected chi connectivity index (χ1v) is 7.99. The third kappa shape index (κ3) is 2.96. The van der Waals surface area contributed by atoms with Crippen molar-refractivity contribution in [2.75, 3.05) is 19.5 Å². The maximum Gasteiger partial charge on any atom is 0.265 e. The van der Waals surface area contributed by atoms with Crippen LogP contribution in [-0.2, 0) is 0 Å². The Labute approximate surface area is 142 Å². The van der Waals surface area contributed by atoms with Gasteiger partial charge in [-0.1, -0.05) is 12.1 Å². The Morgan fingerprint density at radius 1 is 1.08 bits per heavy atom. The number of anilines is 1. The van der Waals surface area contributed by atoms with E-state index in [0.29, 0.717) is 27.6 Å². The molecule has 1 N–H and O–H groups in total. The van der Waals surface area contributed by atoms with E-state index in [0.717, 1.165) is 16.4 Å². The summed E-state index contributed by atoms with van der Waals surface area (Å²) in [4.78, 5) is 24.1. The van der Waals surface area contributed by atoms with E-state index in [2.05, 4.69) is 5.32 Å². The van der Waals surface area contributed by atoms with Crippen molar-refractivity contribution in [1.29, 1.82) is 0 Å². The molecule has 0 aliphatic heterocycles. The predicted octanol–water partition coefficient (Wildman–Crippen LogP) is 3.98. The van der Waals surface area contributed by atoms with Crippen molar-refractivity contribution in [3.8, 4) is 11.5 Å². The van der Waals surface area contributed by atoms with Gasteiger partial charge in [0.05, 0.1) is 24.8 Å². The molecular weight excluding hydrogens is 326 g/mol. The van der Waals surface area contributed by atoms with Crippen molar-refractivity contribution in [2.24, 2.45) is 0 Å². The van der Waals surface area contributed by atoms with E-state index in [1.54, 1.807) is 44.6 Å². The van der Waals surface area contributed by atoms with Gasteiger partial charge in [-0.25, -0.2) is 0 Å². The largest absolute Gasteiger partial charge is 0.493 e. The number of thiophene rings is 1. The minimum absolute atomic E-state index is 0.261. The highest BCUT2D eigenvalue weighted by molar-refractivity contribution is 7.21. The molecule has 0 spiro atoms. The summed E-state index contributed by atoms with van der Waals surface area (Å²) in [5, 5.41) is 3.67.